The smallest absolute Gasteiger partial charge is 0.0593 e. The molecule has 0 saturated heterocycles. The number of ether oxygens (including phenoxy) is 2. The summed E-state index contributed by atoms with van der Waals surface area (Å²) in [7, 11) is 0. The average Bonchev–Trinajstić information content (AvgIpc) is 3.37. The van der Waals surface area contributed by atoms with Gasteiger partial charge in [0, 0.05) is 12.1 Å². The monoisotopic (exact) mass is 556 g/mol. The minimum Gasteiger partial charge on any atom is -0.375 e. The van der Waals surface area contributed by atoms with E-state index in [2.05, 4.69) is 36.4 Å². The van der Waals surface area contributed by atoms with Crippen molar-refractivity contribution in [1.82, 2.24) is 0 Å². The highest BCUT2D eigenvalue weighted by molar-refractivity contribution is 5.79. The van der Waals surface area contributed by atoms with Crippen LogP contribution in [0.4, 0.5) is 0 Å². The van der Waals surface area contributed by atoms with Gasteiger partial charge in [0.1, 0.15) is 0 Å². The molecule has 4 atom stereocenters. The highest BCUT2D eigenvalue weighted by Gasteiger charge is 2.35. The summed E-state index contributed by atoms with van der Waals surface area (Å²) in [4.78, 5) is 0. The first-order valence-corrected chi connectivity index (χ1v) is 17.2. The fraction of sp³-hybridized carbons (Fsp3) is 0.676. The summed E-state index contributed by atoms with van der Waals surface area (Å²) in [6, 6.07) is 14.8. The molecule has 4 N–H and O–H groups in total. The van der Waals surface area contributed by atoms with Crippen LogP contribution in [0.2, 0.25) is 0 Å². The second-order valence-corrected chi connectivity index (χ2v) is 14.2. The normalized spacial score (nSPS) is 35.6. The van der Waals surface area contributed by atoms with Gasteiger partial charge in [0.15, 0.2) is 0 Å². The molecule has 0 spiro atoms. The van der Waals surface area contributed by atoms with Gasteiger partial charge >= 0.3 is 0 Å². The maximum Gasteiger partial charge on any atom is 0.0593 e. The summed E-state index contributed by atoms with van der Waals surface area (Å²) in [5, 5.41) is 0. The number of fused-ring (bicyclic) bond motifs is 3. The number of rotatable bonds is 6. The topological polar surface area (TPSA) is 70.5 Å². The number of nitrogens with two attached hydrogens (primary N) is 2. The Bertz CT molecular complexity index is 1180. The zero-order valence-electron chi connectivity index (χ0n) is 25.1. The van der Waals surface area contributed by atoms with Crippen molar-refractivity contribution in [2.75, 3.05) is 0 Å². The lowest BCUT2D eigenvalue weighted by Gasteiger charge is -2.38. The van der Waals surface area contributed by atoms with E-state index in [-0.39, 0.29) is 0 Å². The van der Waals surface area contributed by atoms with Gasteiger partial charge in [-0.1, -0.05) is 36.4 Å². The molecule has 0 heterocycles. The van der Waals surface area contributed by atoms with Crippen LogP contribution < -0.4 is 11.5 Å². The van der Waals surface area contributed by atoms with E-state index in [4.69, 9.17) is 20.9 Å². The largest absolute Gasteiger partial charge is 0.375 e. The van der Waals surface area contributed by atoms with Crippen LogP contribution in [-0.2, 0) is 15.9 Å². The third-order valence-corrected chi connectivity index (χ3v) is 11.4. The molecular weight excluding hydrogens is 504 g/mol. The first-order chi connectivity index (χ1) is 20.1. The molecule has 4 unspecified atom stereocenters. The van der Waals surface area contributed by atoms with Crippen molar-refractivity contribution >= 4 is 0 Å². The van der Waals surface area contributed by atoms with Gasteiger partial charge in [-0.2, -0.15) is 0 Å². The highest BCUT2D eigenvalue weighted by Crippen LogP contribution is 2.49. The average molecular weight is 557 g/mol. The van der Waals surface area contributed by atoms with E-state index in [1.165, 1.54) is 107 Å². The molecule has 2 aromatic rings. The molecule has 5 aliphatic rings. The Labute approximate surface area is 247 Å². The molecule has 7 rings (SSSR count). The molecular formula is C37H52N2O2. The fourth-order valence-corrected chi connectivity index (χ4v) is 9.24. The van der Waals surface area contributed by atoms with E-state index in [0.717, 1.165) is 19.3 Å². The zero-order valence-corrected chi connectivity index (χ0v) is 25.1. The predicted molar refractivity (Wildman–Crippen MR) is 167 cm³/mol. The summed E-state index contributed by atoms with van der Waals surface area (Å²) in [6.07, 6.45) is 21.8. The van der Waals surface area contributed by atoms with Crippen molar-refractivity contribution in [2.24, 2.45) is 11.5 Å². The lowest BCUT2D eigenvalue weighted by molar-refractivity contribution is -0.0509. The van der Waals surface area contributed by atoms with E-state index >= 15 is 0 Å². The van der Waals surface area contributed by atoms with Crippen molar-refractivity contribution < 1.29 is 9.47 Å². The minimum absolute atomic E-state index is 0.335. The second kappa shape index (κ2) is 12.5. The van der Waals surface area contributed by atoms with Crippen molar-refractivity contribution in [3.8, 4) is 11.1 Å². The maximum absolute atomic E-state index is 6.66. The summed E-state index contributed by atoms with van der Waals surface area (Å²) < 4.78 is 13.3. The molecule has 0 amide bonds. The summed E-state index contributed by atoms with van der Waals surface area (Å²) in [6.45, 7) is 0. The number of hydrogen-bond donors (Lipinski definition) is 2. The van der Waals surface area contributed by atoms with Crippen molar-refractivity contribution in [3.63, 3.8) is 0 Å². The van der Waals surface area contributed by atoms with Crippen LogP contribution in [0.15, 0.2) is 36.4 Å². The predicted octanol–water partition coefficient (Wildman–Crippen LogP) is 7.88. The highest BCUT2D eigenvalue weighted by atomic mass is 16.5. The molecule has 4 fully saturated rings. The van der Waals surface area contributed by atoms with Gasteiger partial charge in [0.2, 0.25) is 0 Å². The van der Waals surface area contributed by atoms with Gasteiger partial charge in [0.05, 0.1) is 24.4 Å². The first kappa shape index (κ1) is 28.1. The number of benzene rings is 2. The molecule has 222 valence electrons. The van der Waals surface area contributed by atoms with Gasteiger partial charge < -0.3 is 20.9 Å². The first-order valence-electron chi connectivity index (χ1n) is 17.2. The van der Waals surface area contributed by atoms with Gasteiger partial charge in [-0.15, -0.1) is 0 Å². The van der Waals surface area contributed by atoms with Crippen molar-refractivity contribution in [3.05, 3.63) is 58.7 Å². The Kier molecular flexibility index (Phi) is 8.55. The van der Waals surface area contributed by atoms with Gasteiger partial charge in [-0.05, 0) is 154 Å². The molecule has 0 aromatic heterocycles. The Morgan fingerprint density at radius 2 is 1.12 bits per heavy atom. The third-order valence-electron chi connectivity index (χ3n) is 11.4. The van der Waals surface area contributed by atoms with Crippen LogP contribution in [0.25, 0.3) is 11.1 Å². The summed E-state index contributed by atoms with van der Waals surface area (Å²) >= 11 is 0. The second-order valence-electron chi connectivity index (χ2n) is 14.2. The molecule has 4 saturated carbocycles. The van der Waals surface area contributed by atoms with Crippen molar-refractivity contribution in [2.45, 2.75) is 157 Å². The van der Waals surface area contributed by atoms with E-state index in [0.29, 0.717) is 48.3 Å². The van der Waals surface area contributed by atoms with E-state index in [1.54, 1.807) is 16.7 Å². The lowest BCUT2D eigenvalue weighted by Crippen LogP contribution is -2.35. The molecule has 0 bridgehead atoms. The van der Waals surface area contributed by atoms with Gasteiger partial charge in [-0.25, -0.2) is 0 Å². The Hall–Kier alpha value is -1.72. The van der Waals surface area contributed by atoms with E-state index in [9.17, 15) is 0 Å². The quantitative estimate of drug-likeness (QED) is 0.324. The molecule has 0 aliphatic heterocycles. The number of hydrogen-bond acceptors (Lipinski definition) is 4. The fourth-order valence-electron chi connectivity index (χ4n) is 9.24. The Morgan fingerprint density at radius 3 is 1.73 bits per heavy atom. The SMILES string of the molecule is NC1CCCC(OC2CCC(c3ccc4c(c3C3CCC(OC5CCCC(N)C5)CC3)Cc3ccccc3-4)CC2)C1. The molecule has 41 heavy (non-hydrogen) atoms. The molecule has 0 radical (unpaired) electrons. The Morgan fingerprint density at radius 1 is 0.537 bits per heavy atom. The summed E-state index contributed by atoms with van der Waals surface area (Å²) in [5.74, 6) is 1.31. The van der Waals surface area contributed by atoms with Crippen LogP contribution in [-0.4, -0.2) is 36.5 Å². The van der Waals surface area contributed by atoms with Crippen LogP contribution >= 0.6 is 0 Å². The molecule has 4 heteroatoms. The van der Waals surface area contributed by atoms with Crippen LogP contribution in [0, 0.1) is 0 Å². The van der Waals surface area contributed by atoms with Crippen molar-refractivity contribution in [1.29, 1.82) is 0 Å². The van der Waals surface area contributed by atoms with Crippen LogP contribution in [0.3, 0.4) is 0 Å². The van der Waals surface area contributed by atoms with Gasteiger partial charge in [0.25, 0.3) is 0 Å². The van der Waals surface area contributed by atoms with Gasteiger partial charge in [-0.3, -0.25) is 0 Å². The van der Waals surface area contributed by atoms with E-state index in [1.807, 2.05) is 0 Å². The van der Waals surface area contributed by atoms with Crippen LogP contribution in [0.1, 0.15) is 137 Å². The lowest BCUT2D eigenvalue weighted by atomic mass is 9.72. The molecule has 4 nitrogen and oxygen atoms in total. The maximum atomic E-state index is 6.66. The third kappa shape index (κ3) is 6.18. The molecule has 5 aliphatic carbocycles. The zero-order chi connectivity index (χ0) is 27.8. The Balaban J connectivity index is 1.07. The molecule has 2 aromatic carbocycles. The van der Waals surface area contributed by atoms with E-state index < -0.39 is 0 Å². The van der Waals surface area contributed by atoms with Crippen LogP contribution in [0.5, 0.6) is 0 Å². The minimum atomic E-state index is 0.335. The summed E-state index contributed by atoms with van der Waals surface area (Å²) in [5.41, 5.74) is 22.0. The standard InChI is InChI=1S/C37H52N2O2/c38-27-6-3-8-31(22-27)40-29-15-11-24(12-16-29)34-19-20-35-33-10-2-1-5-26(33)21-36(35)37(34)25-13-17-30(18-14-25)41-32-9-4-7-28(39)23-32/h1-2,5,10,19-20,24-25,27-32H,3-4,6-9,11-18,21-23,38-39H2.